The van der Waals surface area contributed by atoms with Crippen LogP contribution in [0.3, 0.4) is 0 Å². The number of carbonyl (C=O) groups is 2. The van der Waals surface area contributed by atoms with E-state index in [0.717, 1.165) is 22.6 Å². The van der Waals surface area contributed by atoms with Crippen LogP contribution in [0.15, 0.2) is 28.4 Å². The third-order valence-corrected chi connectivity index (χ3v) is 6.38. The minimum Gasteiger partial charge on any atom is -0.477 e. The number of aryl methyl sites for hydroxylation is 1. The van der Waals surface area contributed by atoms with Crippen LogP contribution in [0, 0.1) is 13.8 Å². The van der Waals surface area contributed by atoms with Gasteiger partial charge in [0.05, 0.1) is 64.1 Å². The van der Waals surface area contributed by atoms with E-state index in [1.165, 1.54) is 6.92 Å². The van der Waals surface area contributed by atoms with Gasteiger partial charge in [-0.25, -0.2) is 4.79 Å². The Hall–Kier alpha value is -2.94. The van der Waals surface area contributed by atoms with Crippen molar-refractivity contribution in [3.05, 3.63) is 39.8 Å². The highest BCUT2D eigenvalue weighted by Crippen LogP contribution is 2.36. The van der Waals surface area contributed by atoms with Gasteiger partial charge in [-0.2, -0.15) is 0 Å². The molecule has 0 fully saturated rings. The second kappa shape index (κ2) is 16.0. The number of carboxylic acid groups (broad SMARTS) is 1. The van der Waals surface area contributed by atoms with Crippen molar-refractivity contribution in [2.75, 3.05) is 70.8 Å². The van der Waals surface area contributed by atoms with Crippen molar-refractivity contribution in [3.63, 3.8) is 0 Å². The molecule has 0 bridgehead atoms. The van der Waals surface area contributed by atoms with E-state index in [1.807, 2.05) is 19.1 Å². The number of anilines is 1. The molecule has 1 aromatic carbocycles. The van der Waals surface area contributed by atoms with E-state index < -0.39 is 11.9 Å². The Morgan fingerprint density at radius 3 is 2.08 bits per heavy atom. The molecule has 0 unspecified atom stereocenters. The standard InChI is InChI=1S/C24H34N4O8S/c1-16-15-18(28(5-9-34-11-7-29)6-10-35-13-14-36-12-8-30)3-4-19(16)26-27-23-20(22(25)31)17(2)21(37-23)24(32)33/h3-4,15,29-30H,5-14H2,1-2H3,(H2,25,31)(H,32,33)/b27-26+. The number of primary amides is 1. The van der Waals surface area contributed by atoms with Crippen molar-refractivity contribution in [1.29, 1.82) is 0 Å². The number of ether oxygens (including phenoxy) is 3. The Labute approximate surface area is 219 Å². The fourth-order valence-corrected chi connectivity index (χ4v) is 4.36. The van der Waals surface area contributed by atoms with E-state index in [9.17, 15) is 14.7 Å². The molecule has 0 saturated heterocycles. The van der Waals surface area contributed by atoms with Gasteiger partial charge in [0.25, 0.3) is 5.91 Å². The van der Waals surface area contributed by atoms with Crippen LogP contribution in [-0.2, 0) is 14.2 Å². The maximum Gasteiger partial charge on any atom is 0.346 e. The van der Waals surface area contributed by atoms with Crippen LogP contribution >= 0.6 is 11.3 Å². The molecule has 0 spiro atoms. The maximum absolute atomic E-state index is 11.9. The lowest BCUT2D eigenvalue weighted by Crippen LogP contribution is -2.31. The molecule has 0 aliphatic rings. The molecule has 0 aliphatic carbocycles. The number of amides is 1. The van der Waals surface area contributed by atoms with Crippen molar-refractivity contribution in [1.82, 2.24) is 0 Å². The molecule has 5 N–H and O–H groups in total. The van der Waals surface area contributed by atoms with Crippen LogP contribution in [-0.4, -0.2) is 93.1 Å². The molecule has 12 nitrogen and oxygen atoms in total. The van der Waals surface area contributed by atoms with Crippen molar-refractivity contribution in [3.8, 4) is 0 Å². The van der Waals surface area contributed by atoms with Gasteiger partial charge < -0.3 is 40.2 Å². The van der Waals surface area contributed by atoms with Gasteiger partial charge in [-0.05, 0) is 43.2 Å². The molecular weight excluding hydrogens is 504 g/mol. The molecular formula is C24H34N4O8S. The normalized spacial score (nSPS) is 11.4. The van der Waals surface area contributed by atoms with Gasteiger partial charge in [-0.15, -0.1) is 21.6 Å². The Morgan fingerprint density at radius 2 is 1.54 bits per heavy atom. The molecule has 0 atom stereocenters. The minimum absolute atomic E-state index is 0.00365. The quantitative estimate of drug-likeness (QED) is 0.164. The zero-order valence-corrected chi connectivity index (χ0v) is 21.8. The second-order valence-electron chi connectivity index (χ2n) is 7.85. The number of nitrogens with two attached hydrogens (primary N) is 1. The highest BCUT2D eigenvalue weighted by molar-refractivity contribution is 7.18. The largest absolute Gasteiger partial charge is 0.477 e. The maximum atomic E-state index is 11.9. The number of azo groups is 1. The summed E-state index contributed by atoms with van der Waals surface area (Å²) in [6, 6.07) is 5.58. The van der Waals surface area contributed by atoms with E-state index in [1.54, 1.807) is 6.07 Å². The van der Waals surface area contributed by atoms with E-state index >= 15 is 0 Å². The topological polar surface area (TPSA) is 176 Å². The van der Waals surface area contributed by atoms with E-state index in [4.69, 9.17) is 30.2 Å². The van der Waals surface area contributed by atoms with Gasteiger partial charge in [0, 0.05) is 18.8 Å². The summed E-state index contributed by atoms with van der Waals surface area (Å²) in [5.74, 6) is -1.92. The molecule has 1 amide bonds. The molecule has 204 valence electrons. The van der Waals surface area contributed by atoms with Crippen LogP contribution in [0.2, 0.25) is 0 Å². The predicted octanol–water partition coefficient (Wildman–Crippen LogP) is 2.42. The number of nitrogens with zero attached hydrogens (tertiary/aromatic N) is 3. The molecule has 2 rings (SSSR count). The van der Waals surface area contributed by atoms with Crippen LogP contribution in [0.5, 0.6) is 0 Å². The summed E-state index contributed by atoms with van der Waals surface area (Å²) < 4.78 is 16.2. The monoisotopic (exact) mass is 538 g/mol. The molecule has 0 radical (unpaired) electrons. The Balaban J connectivity index is 2.14. The fourth-order valence-electron chi connectivity index (χ4n) is 3.38. The number of aliphatic hydroxyl groups excluding tert-OH is 2. The number of carboxylic acids is 1. The Bertz CT molecular complexity index is 1060. The summed E-state index contributed by atoms with van der Waals surface area (Å²) in [7, 11) is 0. The van der Waals surface area contributed by atoms with E-state index in [-0.39, 0.29) is 47.4 Å². The fraction of sp³-hybridized carbons (Fsp3) is 0.500. The van der Waals surface area contributed by atoms with Crippen molar-refractivity contribution < 1.29 is 39.1 Å². The zero-order valence-electron chi connectivity index (χ0n) is 21.0. The summed E-state index contributed by atoms with van der Waals surface area (Å²) in [6.45, 7) is 6.65. The second-order valence-corrected chi connectivity index (χ2v) is 8.85. The number of benzene rings is 1. The van der Waals surface area contributed by atoms with Crippen LogP contribution in [0.4, 0.5) is 16.4 Å². The van der Waals surface area contributed by atoms with Crippen LogP contribution < -0.4 is 10.6 Å². The van der Waals surface area contributed by atoms with Gasteiger partial charge >= 0.3 is 5.97 Å². The summed E-state index contributed by atoms with van der Waals surface area (Å²) >= 11 is 0.850. The van der Waals surface area contributed by atoms with Crippen molar-refractivity contribution in [2.45, 2.75) is 13.8 Å². The van der Waals surface area contributed by atoms with Crippen molar-refractivity contribution in [2.24, 2.45) is 16.0 Å². The smallest absolute Gasteiger partial charge is 0.346 e. The highest BCUT2D eigenvalue weighted by atomic mass is 32.1. The van der Waals surface area contributed by atoms with Gasteiger partial charge in [-0.3, -0.25) is 4.79 Å². The van der Waals surface area contributed by atoms with Gasteiger partial charge in [0.15, 0.2) is 5.00 Å². The molecule has 13 heteroatoms. The van der Waals surface area contributed by atoms with E-state index in [2.05, 4.69) is 15.1 Å². The number of rotatable bonds is 18. The number of aliphatic hydroxyl groups is 2. The summed E-state index contributed by atoms with van der Waals surface area (Å²) in [6.07, 6.45) is 0. The number of thiophene rings is 1. The number of hydrogen-bond donors (Lipinski definition) is 4. The lowest BCUT2D eigenvalue weighted by atomic mass is 10.1. The SMILES string of the molecule is Cc1cc(N(CCOCCO)CCOCCOCCO)ccc1/N=N/c1sc(C(=O)O)c(C)c1C(N)=O. The number of hydrogen-bond acceptors (Lipinski definition) is 11. The lowest BCUT2D eigenvalue weighted by Gasteiger charge is -2.25. The molecule has 37 heavy (non-hydrogen) atoms. The first-order valence-corrected chi connectivity index (χ1v) is 12.5. The first kappa shape index (κ1) is 30.3. The number of carbonyl (C=O) groups excluding carboxylic acids is 1. The molecule has 1 aromatic heterocycles. The first-order chi connectivity index (χ1) is 17.8. The summed E-state index contributed by atoms with van der Waals surface area (Å²) in [4.78, 5) is 25.4. The third-order valence-electron chi connectivity index (χ3n) is 5.22. The average Bonchev–Trinajstić information content (AvgIpc) is 3.20. The molecule has 0 saturated carbocycles. The van der Waals surface area contributed by atoms with Crippen LogP contribution in [0.1, 0.15) is 31.2 Å². The third kappa shape index (κ3) is 9.46. The highest BCUT2D eigenvalue weighted by Gasteiger charge is 2.23. The van der Waals surface area contributed by atoms with Gasteiger partial charge in [-0.1, -0.05) is 0 Å². The Morgan fingerprint density at radius 1 is 0.946 bits per heavy atom. The molecule has 2 aromatic rings. The molecule has 1 heterocycles. The summed E-state index contributed by atoms with van der Waals surface area (Å²) in [5, 5.41) is 35.5. The molecule has 0 aliphatic heterocycles. The average molecular weight is 539 g/mol. The van der Waals surface area contributed by atoms with Crippen molar-refractivity contribution >= 4 is 39.6 Å². The Kier molecular flexibility index (Phi) is 13.1. The first-order valence-electron chi connectivity index (χ1n) is 11.7. The van der Waals surface area contributed by atoms with Gasteiger partial charge in [0.2, 0.25) is 0 Å². The van der Waals surface area contributed by atoms with E-state index in [0.29, 0.717) is 45.2 Å². The predicted molar refractivity (Wildman–Crippen MR) is 139 cm³/mol. The number of aromatic carboxylic acids is 1. The minimum atomic E-state index is -1.16. The van der Waals surface area contributed by atoms with Crippen LogP contribution in [0.25, 0.3) is 0 Å². The zero-order chi connectivity index (χ0) is 27.2. The summed E-state index contributed by atoms with van der Waals surface area (Å²) in [5.41, 5.74) is 8.03. The van der Waals surface area contributed by atoms with Gasteiger partial charge in [0.1, 0.15) is 4.88 Å². The lowest BCUT2D eigenvalue weighted by molar-refractivity contribution is 0.0347.